The van der Waals surface area contributed by atoms with Gasteiger partial charge in [0.1, 0.15) is 6.10 Å². The summed E-state index contributed by atoms with van der Waals surface area (Å²) in [4.78, 5) is 4.02. The zero-order valence-corrected chi connectivity index (χ0v) is 16.2. The molecule has 0 bridgehead atoms. The molecule has 0 radical (unpaired) electrons. The lowest BCUT2D eigenvalue weighted by Crippen LogP contribution is -2.41. The molecule has 1 aromatic heterocycles. The van der Waals surface area contributed by atoms with Gasteiger partial charge in [-0.1, -0.05) is 12.1 Å². The molecule has 0 amide bonds. The SMILES string of the molecule is CN=C(NCc1cn(C)nc1C(F)(F)F)NCC(C)Oc1ccccc1OC. The van der Waals surface area contributed by atoms with Gasteiger partial charge in [-0.05, 0) is 19.1 Å². The van der Waals surface area contributed by atoms with Crippen molar-refractivity contribution in [3.63, 3.8) is 0 Å². The third kappa shape index (κ3) is 5.80. The number of hydrogen-bond acceptors (Lipinski definition) is 4. The second kappa shape index (κ2) is 9.34. The van der Waals surface area contributed by atoms with Crippen LogP contribution in [0.3, 0.4) is 0 Å². The first-order valence-corrected chi connectivity index (χ1v) is 8.58. The first-order chi connectivity index (χ1) is 13.2. The molecular weight excluding hydrogens is 375 g/mol. The van der Waals surface area contributed by atoms with E-state index in [1.807, 2.05) is 19.1 Å². The molecule has 0 saturated heterocycles. The van der Waals surface area contributed by atoms with Crippen molar-refractivity contribution in [2.45, 2.75) is 25.7 Å². The average Bonchev–Trinajstić information content (AvgIpc) is 3.03. The molecule has 0 saturated carbocycles. The van der Waals surface area contributed by atoms with Crippen LogP contribution in [0.4, 0.5) is 13.2 Å². The third-order valence-electron chi connectivity index (χ3n) is 3.80. The highest BCUT2D eigenvalue weighted by Gasteiger charge is 2.36. The van der Waals surface area contributed by atoms with Crippen LogP contribution in [0.25, 0.3) is 0 Å². The number of nitrogens with zero attached hydrogens (tertiary/aromatic N) is 3. The zero-order valence-electron chi connectivity index (χ0n) is 16.2. The summed E-state index contributed by atoms with van der Waals surface area (Å²) in [5.74, 6) is 1.58. The van der Waals surface area contributed by atoms with E-state index in [9.17, 15) is 13.2 Å². The number of guanidine groups is 1. The highest BCUT2D eigenvalue weighted by molar-refractivity contribution is 5.79. The van der Waals surface area contributed by atoms with E-state index in [1.165, 1.54) is 20.3 Å². The van der Waals surface area contributed by atoms with Gasteiger partial charge in [0.2, 0.25) is 0 Å². The van der Waals surface area contributed by atoms with Crippen LogP contribution in [0.15, 0.2) is 35.5 Å². The minimum absolute atomic E-state index is 0.0382. The molecule has 0 aliphatic carbocycles. The first-order valence-electron chi connectivity index (χ1n) is 8.58. The van der Waals surface area contributed by atoms with Gasteiger partial charge in [-0.15, -0.1) is 0 Å². The summed E-state index contributed by atoms with van der Waals surface area (Å²) >= 11 is 0. The van der Waals surface area contributed by atoms with E-state index in [0.29, 0.717) is 24.0 Å². The summed E-state index contributed by atoms with van der Waals surface area (Å²) in [6.07, 6.45) is -3.41. The number of methoxy groups -OCH3 is 1. The Morgan fingerprint density at radius 1 is 1.25 bits per heavy atom. The van der Waals surface area contributed by atoms with Crippen molar-refractivity contribution < 1.29 is 22.6 Å². The van der Waals surface area contributed by atoms with Gasteiger partial charge in [-0.3, -0.25) is 9.67 Å². The number of aliphatic imine (C=N–C) groups is 1. The van der Waals surface area contributed by atoms with Crippen LogP contribution >= 0.6 is 0 Å². The average molecular weight is 399 g/mol. The Kier molecular flexibility index (Phi) is 7.13. The minimum Gasteiger partial charge on any atom is -0.493 e. The van der Waals surface area contributed by atoms with Crippen LogP contribution in [-0.4, -0.2) is 42.5 Å². The third-order valence-corrected chi connectivity index (χ3v) is 3.80. The molecule has 0 spiro atoms. The molecule has 0 aliphatic heterocycles. The number of aryl methyl sites for hydroxylation is 1. The molecule has 154 valence electrons. The molecule has 2 N–H and O–H groups in total. The molecule has 1 heterocycles. The molecule has 0 fully saturated rings. The maximum atomic E-state index is 13.0. The van der Waals surface area contributed by atoms with Crippen molar-refractivity contribution in [1.82, 2.24) is 20.4 Å². The van der Waals surface area contributed by atoms with E-state index in [4.69, 9.17) is 9.47 Å². The number of alkyl halides is 3. The van der Waals surface area contributed by atoms with Crippen molar-refractivity contribution in [2.24, 2.45) is 12.0 Å². The summed E-state index contributed by atoms with van der Waals surface area (Å²) < 4.78 is 51.3. The van der Waals surface area contributed by atoms with Crippen molar-refractivity contribution >= 4 is 5.96 Å². The first kappa shape index (κ1) is 21.4. The summed E-state index contributed by atoms with van der Waals surface area (Å²) in [6.45, 7) is 2.18. The fourth-order valence-corrected chi connectivity index (χ4v) is 2.52. The largest absolute Gasteiger partial charge is 0.493 e. The molecule has 28 heavy (non-hydrogen) atoms. The minimum atomic E-state index is -4.51. The van der Waals surface area contributed by atoms with Gasteiger partial charge in [0.25, 0.3) is 0 Å². The maximum Gasteiger partial charge on any atom is 0.435 e. The summed E-state index contributed by atoms with van der Waals surface area (Å²) in [5.41, 5.74) is -0.873. The number of rotatable bonds is 7. The molecule has 0 aliphatic rings. The monoisotopic (exact) mass is 399 g/mol. The Morgan fingerprint density at radius 2 is 1.93 bits per heavy atom. The highest BCUT2D eigenvalue weighted by Crippen LogP contribution is 2.30. The number of halogens is 3. The Labute approximate surface area is 161 Å². The lowest BCUT2D eigenvalue weighted by atomic mass is 10.2. The van der Waals surface area contributed by atoms with Crippen LogP contribution in [0.1, 0.15) is 18.2 Å². The van der Waals surface area contributed by atoms with Crippen LogP contribution in [0, 0.1) is 0 Å². The van der Waals surface area contributed by atoms with Gasteiger partial charge < -0.3 is 20.1 Å². The van der Waals surface area contributed by atoms with Crippen molar-refractivity contribution in [1.29, 1.82) is 0 Å². The molecule has 10 heteroatoms. The van der Waals surface area contributed by atoms with E-state index in [-0.39, 0.29) is 18.2 Å². The van der Waals surface area contributed by atoms with Crippen molar-refractivity contribution in [2.75, 3.05) is 20.7 Å². The normalized spacial score (nSPS) is 13.2. The predicted molar refractivity (Wildman–Crippen MR) is 99.5 cm³/mol. The number of nitrogens with one attached hydrogen (secondary N) is 2. The molecule has 2 rings (SSSR count). The number of benzene rings is 1. The molecule has 1 aromatic carbocycles. The van der Waals surface area contributed by atoms with Gasteiger partial charge in [-0.2, -0.15) is 18.3 Å². The van der Waals surface area contributed by atoms with Gasteiger partial charge in [-0.25, -0.2) is 0 Å². The van der Waals surface area contributed by atoms with E-state index in [0.717, 1.165) is 4.68 Å². The topological polar surface area (TPSA) is 72.7 Å². The number of para-hydroxylation sites is 2. The van der Waals surface area contributed by atoms with Crippen molar-refractivity contribution in [3.05, 3.63) is 41.7 Å². The summed E-state index contributed by atoms with van der Waals surface area (Å²) in [5, 5.41) is 9.37. The van der Waals surface area contributed by atoms with Crippen LogP contribution < -0.4 is 20.1 Å². The van der Waals surface area contributed by atoms with Crippen molar-refractivity contribution in [3.8, 4) is 11.5 Å². The predicted octanol–water partition coefficient (Wildman–Crippen LogP) is 2.58. The highest BCUT2D eigenvalue weighted by atomic mass is 19.4. The fourth-order valence-electron chi connectivity index (χ4n) is 2.52. The standard InChI is InChI=1S/C18H24F3N5O2/c1-12(28-15-8-6-5-7-14(15)27-4)9-23-17(22-2)24-10-13-11-26(3)25-16(13)18(19,20)21/h5-8,11-12H,9-10H2,1-4H3,(H2,22,23,24). The number of aromatic nitrogens is 2. The quantitative estimate of drug-likeness (QED) is 0.553. The number of hydrogen-bond donors (Lipinski definition) is 2. The molecule has 2 aromatic rings. The van der Waals surface area contributed by atoms with E-state index in [2.05, 4.69) is 20.7 Å². The Morgan fingerprint density at radius 3 is 2.54 bits per heavy atom. The second-order valence-electron chi connectivity index (χ2n) is 6.06. The number of ether oxygens (including phenoxy) is 2. The Bertz CT molecular complexity index is 805. The van der Waals surface area contributed by atoms with Gasteiger partial charge in [0.15, 0.2) is 23.2 Å². The van der Waals surface area contributed by atoms with Gasteiger partial charge in [0.05, 0.1) is 13.7 Å². The maximum absolute atomic E-state index is 13.0. The van der Waals surface area contributed by atoms with Gasteiger partial charge >= 0.3 is 6.18 Å². The Balaban J connectivity index is 1.90. The van der Waals surface area contributed by atoms with E-state index in [1.54, 1.807) is 19.2 Å². The fraction of sp³-hybridized carbons (Fsp3) is 0.444. The molecule has 1 atom stereocenters. The molecule has 7 nitrogen and oxygen atoms in total. The van der Waals surface area contributed by atoms with E-state index >= 15 is 0 Å². The van der Waals surface area contributed by atoms with Crippen LogP contribution in [0.5, 0.6) is 11.5 Å². The summed E-state index contributed by atoms with van der Waals surface area (Å²) in [6, 6.07) is 7.27. The Hall–Kier alpha value is -2.91. The lowest BCUT2D eigenvalue weighted by molar-refractivity contribution is -0.142. The smallest absolute Gasteiger partial charge is 0.435 e. The lowest BCUT2D eigenvalue weighted by Gasteiger charge is -2.19. The van der Waals surface area contributed by atoms with E-state index < -0.39 is 11.9 Å². The molecule has 1 unspecified atom stereocenters. The zero-order chi connectivity index (χ0) is 20.7. The van der Waals surface area contributed by atoms with Gasteiger partial charge in [0, 0.05) is 32.4 Å². The summed E-state index contributed by atoms with van der Waals surface area (Å²) in [7, 11) is 4.54. The van der Waals surface area contributed by atoms with Crippen LogP contribution in [-0.2, 0) is 19.8 Å². The van der Waals surface area contributed by atoms with Crippen LogP contribution in [0.2, 0.25) is 0 Å². The second-order valence-corrected chi connectivity index (χ2v) is 6.06. The molecular formula is C18H24F3N5O2.